The van der Waals surface area contributed by atoms with Gasteiger partial charge in [-0.2, -0.15) is 0 Å². The summed E-state index contributed by atoms with van der Waals surface area (Å²) in [6, 6.07) is 7.79. The maximum absolute atomic E-state index is 13.2. The molecule has 0 aliphatic carbocycles. The van der Waals surface area contributed by atoms with E-state index in [2.05, 4.69) is 5.32 Å². The zero-order valence-electron chi connectivity index (χ0n) is 18.6. The summed E-state index contributed by atoms with van der Waals surface area (Å²) in [5.41, 5.74) is 1.44. The number of sulfonamides is 1. The van der Waals surface area contributed by atoms with Crippen molar-refractivity contribution >= 4 is 54.5 Å². The number of hydrogen-bond acceptors (Lipinski definition) is 7. The largest absolute Gasteiger partial charge is 0.324 e. The second kappa shape index (κ2) is 9.32. The normalized spacial score (nSPS) is 12.5. The van der Waals surface area contributed by atoms with Crippen LogP contribution < -0.4 is 14.5 Å². The molecule has 176 valence electrons. The Morgan fingerprint density at radius 3 is 2.52 bits per heavy atom. The van der Waals surface area contributed by atoms with Crippen LogP contribution in [0.4, 0.5) is 17.1 Å². The first-order chi connectivity index (χ1) is 15.5. The minimum Gasteiger partial charge on any atom is -0.324 e. The number of nitro groups is 1. The van der Waals surface area contributed by atoms with E-state index < -0.39 is 26.9 Å². The number of carbonyl (C=O) groups excluding carboxylic acids is 1. The van der Waals surface area contributed by atoms with Crippen LogP contribution in [0.2, 0.25) is 0 Å². The number of fused-ring (bicyclic) bond motifs is 1. The summed E-state index contributed by atoms with van der Waals surface area (Å²) >= 11 is 1.06. The highest BCUT2D eigenvalue weighted by Gasteiger charge is 2.33. The third-order valence-electron chi connectivity index (χ3n) is 5.22. The lowest BCUT2D eigenvalue weighted by Gasteiger charge is -2.31. The Kier molecular flexibility index (Phi) is 6.89. The summed E-state index contributed by atoms with van der Waals surface area (Å²) in [7, 11) is -3.96. The third-order valence-corrected chi connectivity index (χ3v) is 7.33. The maximum Gasteiger partial charge on any atom is 0.308 e. The van der Waals surface area contributed by atoms with Crippen molar-refractivity contribution in [1.29, 1.82) is 0 Å². The lowest BCUT2D eigenvalue weighted by molar-refractivity contribution is -0.384. The predicted octanol–water partition coefficient (Wildman–Crippen LogP) is 3.48. The third kappa shape index (κ3) is 4.91. The summed E-state index contributed by atoms with van der Waals surface area (Å²) in [6.07, 6.45) is 1.08. The van der Waals surface area contributed by atoms with Gasteiger partial charge in [-0.05, 0) is 44.0 Å². The molecular formula is C21H24N4O6S2. The molecule has 0 saturated carbocycles. The fourth-order valence-electron chi connectivity index (χ4n) is 3.65. The standard InChI is InChI=1S/C21H24N4O6S2/c1-5-16(24(33(4,30)31)18-12-15(25(28)29)9-7-13(18)3)20(26)22-14-8-10-17-19(11-14)32-21(27)23(17)6-2/h7-12,16H,5-6H2,1-4H3,(H,22,26). The molecule has 1 amide bonds. The average Bonchev–Trinajstić information content (AvgIpc) is 3.05. The predicted molar refractivity (Wildman–Crippen MR) is 130 cm³/mol. The van der Waals surface area contributed by atoms with Gasteiger partial charge in [0, 0.05) is 24.4 Å². The van der Waals surface area contributed by atoms with Crippen LogP contribution >= 0.6 is 11.3 Å². The number of rotatable bonds is 8. The molecule has 0 radical (unpaired) electrons. The van der Waals surface area contributed by atoms with Crippen LogP contribution in [-0.2, 0) is 21.4 Å². The Balaban J connectivity index is 2.01. The van der Waals surface area contributed by atoms with Gasteiger partial charge in [0.15, 0.2) is 0 Å². The number of nitro benzene ring substituents is 1. The van der Waals surface area contributed by atoms with Crippen molar-refractivity contribution in [3.8, 4) is 0 Å². The lowest BCUT2D eigenvalue weighted by atomic mass is 10.1. The molecule has 33 heavy (non-hydrogen) atoms. The number of carbonyl (C=O) groups is 1. The molecule has 12 heteroatoms. The van der Waals surface area contributed by atoms with Crippen LogP contribution in [0.1, 0.15) is 25.8 Å². The number of non-ortho nitro benzene ring substituents is 1. The van der Waals surface area contributed by atoms with E-state index in [1.807, 2.05) is 6.92 Å². The summed E-state index contributed by atoms with van der Waals surface area (Å²) in [4.78, 5) is 35.8. The van der Waals surface area contributed by atoms with Gasteiger partial charge in [0.05, 0.1) is 27.1 Å². The van der Waals surface area contributed by atoms with Crippen molar-refractivity contribution in [3.05, 3.63) is 61.7 Å². The van der Waals surface area contributed by atoms with E-state index in [-0.39, 0.29) is 22.7 Å². The van der Waals surface area contributed by atoms with Crippen molar-refractivity contribution in [1.82, 2.24) is 4.57 Å². The molecule has 2 aromatic carbocycles. The van der Waals surface area contributed by atoms with Gasteiger partial charge in [-0.25, -0.2) is 8.42 Å². The number of aryl methyl sites for hydroxylation is 2. The number of thiazole rings is 1. The van der Waals surface area contributed by atoms with Crippen molar-refractivity contribution in [2.24, 2.45) is 0 Å². The topological polar surface area (TPSA) is 132 Å². The monoisotopic (exact) mass is 492 g/mol. The molecular weight excluding hydrogens is 468 g/mol. The average molecular weight is 493 g/mol. The van der Waals surface area contributed by atoms with Gasteiger partial charge >= 0.3 is 4.87 Å². The van der Waals surface area contributed by atoms with E-state index in [0.29, 0.717) is 22.5 Å². The Labute approximate surface area is 194 Å². The molecule has 1 aromatic heterocycles. The summed E-state index contributed by atoms with van der Waals surface area (Å²) in [5, 5.41) is 14.0. The molecule has 1 unspecified atom stereocenters. The van der Waals surface area contributed by atoms with E-state index in [0.717, 1.165) is 33.5 Å². The highest BCUT2D eigenvalue weighted by molar-refractivity contribution is 7.92. The van der Waals surface area contributed by atoms with Crippen LogP contribution in [0.25, 0.3) is 10.2 Å². The van der Waals surface area contributed by atoms with E-state index in [4.69, 9.17) is 0 Å². The van der Waals surface area contributed by atoms with Gasteiger partial charge in [0.25, 0.3) is 5.69 Å². The fraction of sp³-hybridized carbons (Fsp3) is 0.333. The first-order valence-electron chi connectivity index (χ1n) is 10.2. The number of anilines is 2. The summed E-state index contributed by atoms with van der Waals surface area (Å²) in [6.45, 7) is 5.67. The Morgan fingerprint density at radius 2 is 1.94 bits per heavy atom. The molecule has 0 aliphatic heterocycles. The van der Waals surface area contributed by atoms with E-state index in [1.165, 1.54) is 12.1 Å². The molecule has 0 spiro atoms. The first-order valence-corrected chi connectivity index (χ1v) is 12.8. The zero-order chi connectivity index (χ0) is 24.5. The quantitative estimate of drug-likeness (QED) is 0.378. The molecule has 0 aliphatic rings. The number of nitrogens with one attached hydrogen (secondary N) is 1. The van der Waals surface area contributed by atoms with Gasteiger partial charge in [-0.3, -0.25) is 28.6 Å². The Hall–Kier alpha value is -3.25. The number of nitrogens with zero attached hydrogens (tertiary/aromatic N) is 3. The molecule has 0 fully saturated rings. The highest BCUT2D eigenvalue weighted by Crippen LogP contribution is 2.31. The molecule has 1 N–H and O–H groups in total. The SMILES string of the molecule is CCC(C(=O)Nc1ccc2c(c1)sc(=O)n2CC)N(c1cc([N+](=O)[O-])ccc1C)S(C)(=O)=O. The van der Waals surface area contributed by atoms with Crippen LogP contribution in [0.5, 0.6) is 0 Å². The summed E-state index contributed by atoms with van der Waals surface area (Å²) < 4.78 is 28.7. The van der Waals surface area contributed by atoms with Crippen LogP contribution in [-0.4, -0.2) is 36.1 Å². The van der Waals surface area contributed by atoms with Gasteiger partial charge in [-0.15, -0.1) is 0 Å². The number of benzene rings is 2. The molecule has 0 saturated heterocycles. The number of amides is 1. The second-order valence-electron chi connectivity index (χ2n) is 7.49. The molecule has 3 aromatic rings. The second-order valence-corrected chi connectivity index (χ2v) is 10.3. The van der Waals surface area contributed by atoms with E-state index >= 15 is 0 Å². The van der Waals surface area contributed by atoms with Crippen molar-refractivity contribution in [2.75, 3.05) is 15.9 Å². The molecule has 1 heterocycles. The van der Waals surface area contributed by atoms with Crippen LogP contribution in [0.3, 0.4) is 0 Å². The van der Waals surface area contributed by atoms with Gasteiger partial charge in [-0.1, -0.05) is 24.3 Å². The minimum absolute atomic E-state index is 0.0717. The molecule has 3 rings (SSSR count). The summed E-state index contributed by atoms with van der Waals surface area (Å²) in [5.74, 6) is -0.588. The van der Waals surface area contributed by atoms with Crippen molar-refractivity contribution in [3.63, 3.8) is 0 Å². The highest BCUT2D eigenvalue weighted by atomic mass is 32.2. The van der Waals surface area contributed by atoms with Gasteiger partial charge in [0.2, 0.25) is 15.9 Å². The van der Waals surface area contributed by atoms with Crippen molar-refractivity contribution < 1.29 is 18.1 Å². The fourth-order valence-corrected chi connectivity index (χ4v) is 5.91. The van der Waals surface area contributed by atoms with Crippen LogP contribution in [0, 0.1) is 17.0 Å². The van der Waals surface area contributed by atoms with E-state index in [1.54, 1.807) is 36.6 Å². The lowest BCUT2D eigenvalue weighted by Crippen LogP contribution is -2.47. The smallest absolute Gasteiger partial charge is 0.308 e. The van der Waals surface area contributed by atoms with Crippen molar-refractivity contribution in [2.45, 2.75) is 39.8 Å². The maximum atomic E-state index is 13.2. The minimum atomic E-state index is -3.96. The Morgan fingerprint density at radius 1 is 1.24 bits per heavy atom. The number of aromatic nitrogens is 1. The van der Waals surface area contributed by atoms with Gasteiger partial charge in [0.1, 0.15) is 6.04 Å². The number of hydrogen-bond donors (Lipinski definition) is 1. The Bertz CT molecular complexity index is 1390. The van der Waals surface area contributed by atoms with E-state index in [9.17, 15) is 28.1 Å². The van der Waals surface area contributed by atoms with Crippen LogP contribution in [0.15, 0.2) is 41.2 Å². The molecule has 1 atom stereocenters. The van der Waals surface area contributed by atoms with Gasteiger partial charge < -0.3 is 5.32 Å². The first kappa shape index (κ1) is 24.4. The molecule has 10 nitrogen and oxygen atoms in total. The molecule has 0 bridgehead atoms. The zero-order valence-corrected chi connectivity index (χ0v) is 20.2.